The van der Waals surface area contributed by atoms with E-state index >= 15 is 0 Å². The summed E-state index contributed by atoms with van der Waals surface area (Å²) in [4.78, 5) is 14.5. The smallest absolute Gasteiger partial charge is 0.436 e. The van der Waals surface area contributed by atoms with E-state index in [1.807, 2.05) is 0 Å². The first-order valence-electron chi connectivity index (χ1n) is 4.66. The molecule has 72 valence electrons. The highest BCUT2D eigenvalue weighted by Gasteiger charge is 2.44. The molecule has 2 aliphatic rings. The third kappa shape index (κ3) is 1.30. The summed E-state index contributed by atoms with van der Waals surface area (Å²) in [6.07, 6.45) is 3.72. The highest BCUT2D eigenvalue weighted by atomic mass is 16.6. The highest BCUT2D eigenvalue weighted by Crippen LogP contribution is 2.43. The Kier molecular flexibility index (Phi) is 1.78. The van der Waals surface area contributed by atoms with E-state index in [0.29, 0.717) is 5.84 Å². The van der Waals surface area contributed by atoms with E-state index in [0.717, 1.165) is 12.8 Å². The Morgan fingerprint density at radius 3 is 2.62 bits per heavy atom. The van der Waals surface area contributed by atoms with Gasteiger partial charge in [-0.15, -0.1) is 0 Å². The Morgan fingerprint density at radius 2 is 2.15 bits per heavy atom. The topological polar surface area (TPSA) is 64.7 Å². The van der Waals surface area contributed by atoms with Gasteiger partial charge in [-0.2, -0.15) is 4.99 Å². The normalized spacial score (nSPS) is 31.6. The van der Waals surface area contributed by atoms with Crippen molar-refractivity contribution >= 4 is 11.9 Å². The summed E-state index contributed by atoms with van der Waals surface area (Å²) in [5, 5.41) is 0. The zero-order chi connectivity index (χ0) is 9.47. The fraction of sp³-hybridized carbons (Fsp3) is 0.778. The summed E-state index contributed by atoms with van der Waals surface area (Å²) in [5.41, 5.74) is 5.67. The number of hydrogen-bond acceptors (Lipinski definition) is 3. The molecule has 0 aromatic heterocycles. The van der Waals surface area contributed by atoms with E-state index in [1.54, 1.807) is 0 Å². The van der Waals surface area contributed by atoms with Crippen LogP contribution in [0.5, 0.6) is 0 Å². The van der Waals surface area contributed by atoms with Crippen molar-refractivity contribution in [1.29, 1.82) is 0 Å². The molecule has 0 spiro atoms. The van der Waals surface area contributed by atoms with Crippen molar-refractivity contribution in [1.82, 2.24) is 0 Å². The summed E-state index contributed by atoms with van der Waals surface area (Å²) in [6.45, 7) is 2.12. The third-order valence-corrected chi connectivity index (χ3v) is 3.09. The molecule has 0 aromatic carbocycles. The number of rotatable bonds is 1. The number of cyclic esters (lactones) is 1. The monoisotopic (exact) mass is 182 g/mol. The molecule has 4 nitrogen and oxygen atoms in total. The summed E-state index contributed by atoms with van der Waals surface area (Å²) in [6, 6.07) is 0. The van der Waals surface area contributed by atoms with E-state index in [2.05, 4.69) is 11.9 Å². The third-order valence-electron chi connectivity index (χ3n) is 3.09. The lowest BCUT2D eigenvalue weighted by atomic mass is 9.82. The standard InChI is InChI=1S/C9H14N2O2/c1-9(4-2-3-5-9)6-7(10)11-8(12)13-6/h6H,2-5H2,1H3,(H2,10,11,12). The van der Waals surface area contributed by atoms with Crippen molar-refractivity contribution in [3.05, 3.63) is 0 Å². The molecule has 1 unspecified atom stereocenters. The number of carbonyl (C=O) groups excluding carboxylic acids is 1. The molecule has 1 aliphatic carbocycles. The minimum atomic E-state index is -0.532. The predicted molar refractivity (Wildman–Crippen MR) is 48.5 cm³/mol. The maximum Gasteiger partial charge on any atom is 0.436 e. The number of hydrogen-bond donors (Lipinski definition) is 1. The quantitative estimate of drug-likeness (QED) is 0.667. The molecule has 1 atom stereocenters. The molecule has 0 bridgehead atoms. The maximum atomic E-state index is 10.9. The molecule has 1 amide bonds. The van der Waals surface area contributed by atoms with Crippen molar-refractivity contribution in [2.24, 2.45) is 16.1 Å². The Balaban J connectivity index is 2.17. The highest BCUT2D eigenvalue weighted by molar-refractivity contribution is 5.99. The molecule has 1 fully saturated rings. The van der Waals surface area contributed by atoms with Crippen LogP contribution in [0.3, 0.4) is 0 Å². The molecule has 1 aliphatic heterocycles. The molecule has 0 radical (unpaired) electrons. The van der Waals surface area contributed by atoms with Gasteiger partial charge in [0.05, 0.1) is 0 Å². The number of carbonyl (C=O) groups is 1. The van der Waals surface area contributed by atoms with Crippen molar-refractivity contribution in [2.45, 2.75) is 38.7 Å². The molecule has 1 saturated carbocycles. The van der Waals surface area contributed by atoms with Gasteiger partial charge < -0.3 is 10.5 Å². The van der Waals surface area contributed by atoms with Gasteiger partial charge in [0, 0.05) is 5.41 Å². The first kappa shape index (κ1) is 8.53. The van der Waals surface area contributed by atoms with Crippen LogP contribution in [0.2, 0.25) is 0 Å². The largest absolute Gasteiger partial charge is 0.436 e. The van der Waals surface area contributed by atoms with Crippen LogP contribution in [0.1, 0.15) is 32.6 Å². The van der Waals surface area contributed by atoms with Gasteiger partial charge in [0.25, 0.3) is 0 Å². The van der Waals surface area contributed by atoms with Crippen LogP contribution in [0, 0.1) is 5.41 Å². The van der Waals surface area contributed by atoms with Crippen molar-refractivity contribution in [2.75, 3.05) is 0 Å². The van der Waals surface area contributed by atoms with Crippen LogP contribution in [-0.4, -0.2) is 18.0 Å². The van der Waals surface area contributed by atoms with E-state index in [1.165, 1.54) is 12.8 Å². The van der Waals surface area contributed by atoms with E-state index < -0.39 is 6.09 Å². The van der Waals surface area contributed by atoms with Gasteiger partial charge in [-0.05, 0) is 12.8 Å². The van der Waals surface area contributed by atoms with Gasteiger partial charge in [-0.25, -0.2) is 4.79 Å². The van der Waals surface area contributed by atoms with Gasteiger partial charge in [-0.1, -0.05) is 19.8 Å². The second-order valence-electron chi connectivity index (χ2n) is 4.16. The van der Waals surface area contributed by atoms with Gasteiger partial charge in [0.15, 0.2) is 6.10 Å². The van der Waals surface area contributed by atoms with Crippen LogP contribution < -0.4 is 5.73 Å². The first-order valence-corrected chi connectivity index (χ1v) is 4.66. The van der Waals surface area contributed by atoms with Crippen LogP contribution in [0.15, 0.2) is 4.99 Å². The molecule has 2 N–H and O–H groups in total. The lowest BCUT2D eigenvalue weighted by molar-refractivity contribution is 0.0755. The SMILES string of the molecule is CC1(C2OC(=O)N=C2N)CCCC1. The lowest BCUT2D eigenvalue weighted by Gasteiger charge is -2.28. The van der Waals surface area contributed by atoms with Gasteiger partial charge in [0.2, 0.25) is 0 Å². The summed E-state index contributed by atoms with van der Waals surface area (Å²) in [5.74, 6) is 0.356. The average molecular weight is 182 g/mol. The Bertz CT molecular complexity index is 267. The second-order valence-corrected chi connectivity index (χ2v) is 4.16. The molecule has 0 aromatic rings. The number of ether oxygens (including phenoxy) is 1. The molecule has 1 heterocycles. The molecule has 13 heavy (non-hydrogen) atoms. The van der Waals surface area contributed by atoms with E-state index in [-0.39, 0.29) is 11.5 Å². The van der Waals surface area contributed by atoms with Crippen LogP contribution in [0.4, 0.5) is 4.79 Å². The molecule has 2 rings (SSSR count). The van der Waals surface area contributed by atoms with Gasteiger partial charge >= 0.3 is 6.09 Å². The zero-order valence-corrected chi connectivity index (χ0v) is 7.75. The first-order chi connectivity index (χ1) is 6.12. The number of nitrogens with two attached hydrogens (primary N) is 1. The number of amides is 1. The zero-order valence-electron chi connectivity index (χ0n) is 7.75. The molecule has 4 heteroatoms. The summed E-state index contributed by atoms with van der Waals surface area (Å²) in [7, 11) is 0. The van der Waals surface area contributed by atoms with Crippen LogP contribution >= 0.6 is 0 Å². The molecule has 0 saturated heterocycles. The Hall–Kier alpha value is -1.06. The van der Waals surface area contributed by atoms with Crippen LogP contribution in [-0.2, 0) is 4.74 Å². The minimum absolute atomic E-state index is 0.0275. The van der Waals surface area contributed by atoms with Crippen molar-refractivity contribution < 1.29 is 9.53 Å². The number of amidine groups is 1. The maximum absolute atomic E-state index is 10.9. The average Bonchev–Trinajstić information content (AvgIpc) is 2.59. The van der Waals surface area contributed by atoms with E-state index in [4.69, 9.17) is 10.5 Å². The van der Waals surface area contributed by atoms with Gasteiger partial charge in [-0.3, -0.25) is 0 Å². The lowest BCUT2D eigenvalue weighted by Crippen LogP contribution is -2.40. The fourth-order valence-corrected chi connectivity index (χ4v) is 2.30. The summed E-state index contributed by atoms with van der Waals surface area (Å²) >= 11 is 0. The summed E-state index contributed by atoms with van der Waals surface area (Å²) < 4.78 is 5.09. The Morgan fingerprint density at radius 1 is 1.54 bits per heavy atom. The number of aliphatic imine (C=N–C) groups is 1. The van der Waals surface area contributed by atoms with Crippen LogP contribution in [0.25, 0.3) is 0 Å². The van der Waals surface area contributed by atoms with E-state index in [9.17, 15) is 4.79 Å². The van der Waals surface area contributed by atoms with Crippen molar-refractivity contribution in [3.8, 4) is 0 Å². The fourth-order valence-electron chi connectivity index (χ4n) is 2.30. The van der Waals surface area contributed by atoms with Crippen molar-refractivity contribution in [3.63, 3.8) is 0 Å². The molecular formula is C9H14N2O2. The Labute approximate surface area is 77.2 Å². The predicted octanol–water partition coefficient (Wildman–Crippen LogP) is 1.44. The molecular weight excluding hydrogens is 168 g/mol. The number of nitrogens with zero attached hydrogens (tertiary/aromatic N) is 1. The minimum Gasteiger partial charge on any atom is -0.436 e. The second kappa shape index (κ2) is 2.72. The van der Waals surface area contributed by atoms with Gasteiger partial charge in [0.1, 0.15) is 5.84 Å².